The molecule has 0 amide bonds. The quantitative estimate of drug-likeness (QED) is 0.854. The number of carbonyl (C=O) groups excluding carboxylic acids is 1. The summed E-state index contributed by atoms with van der Waals surface area (Å²) in [5.74, 6) is 1.15. The van der Waals surface area contributed by atoms with Crippen molar-refractivity contribution in [2.75, 3.05) is 7.11 Å². The average Bonchev–Trinajstić information content (AvgIpc) is 2.78. The number of hydrogen-bond donors (Lipinski definition) is 1. The molecule has 1 aliphatic rings. The third-order valence-electron chi connectivity index (χ3n) is 4.67. The molecular weight excluding hydrogens is 280 g/mol. The van der Waals surface area contributed by atoms with Crippen LogP contribution in [0.4, 0.5) is 0 Å². The maximum atomic E-state index is 13.0. The van der Waals surface area contributed by atoms with Gasteiger partial charge in [0.1, 0.15) is 17.1 Å². The Kier molecular flexibility index (Phi) is 3.52. The van der Waals surface area contributed by atoms with Crippen molar-refractivity contribution in [1.29, 1.82) is 0 Å². The topological polar surface area (TPSA) is 59.7 Å². The summed E-state index contributed by atoms with van der Waals surface area (Å²) in [6.45, 7) is 5.47. The van der Waals surface area contributed by atoms with E-state index >= 15 is 0 Å². The number of aliphatic hydroxyl groups is 1. The summed E-state index contributed by atoms with van der Waals surface area (Å²) < 4.78 is 11.2. The van der Waals surface area contributed by atoms with Crippen molar-refractivity contribution in [3.8, 4) is 5.75 Å². The van der Waals surface area contributed by atoms with Gasteiger partial charge >= 0.3 is 0 Å². The van der Waals surface area contributed by atoms with Gasteiger partial charge in [0.2, 0.25) is 0 Å². The molecule has 4 heteroatoms. The van der Waals surface area contributed by atoms with Crippen LogP contribution in [0.1, 0.15) is 55.6 Å². The number of ketones is 1. The number of hydrogen-bond acceptors (Lipinski definition) is 4. The van der Waals surface area contributed by atoms with Crippen molar-refractivity contribution < 1.29 is 19.1 Å². The van der Waals surface area contributed by atoms with Crippen LogP contribution in [-0.4, -0.2) is 23.6 Å². The second-order valence-electron chi connectivity index (χ2n) is 6.75. The van der Waals surface area contributed by atoms with Crippen LogP contribution in [0.5, 0.6) is 5.75 Å². The maximum absolute atomic E-state index is 13.0. The monoisotopic (exact) mass is 302 g/mol. The van der Waals surface area contributed by atoms with Crippen molar-refractivity contribution in [2.45, 2.75) is 45.1 Å². The molecule has 0 bridgehead atoms. The van der Waals surface area contributed by atoms with E-state index in [0.29, 0.717) is 23.3 Å². The van der Waals surface area contributed by atoms with Gasteiger partial charge in [0.25, 0.3) is 0 Å². The zero-order chi connectivity index (χ0) is 16.1. The van der Waals surface area contributed by atoms with E-state index < -0.39 is 11.5 Å². The van der Waals surface area contributed by atoms with Gasteiger partial charge in [0.15, 0.2) is 5.78 Å². The van der Waals surface area contributed by atoms with Crippen molar-refractivity contribution >= 4 is 16.8 Å². The van der Waals surface area contributed by atoms with Crippen LogP contribution in [-0.2, 0) is 0 Å². The Hall–Kier alpha value is -1.81. The number of ether oxygens (including phenoxy) is 1. The van der Waals surface area contributed by atoms with Crippen molar-refractivity contribution in [1.82, 2.24) is 0 Å². The third kappa shape index (κ3) is 2.31. The van der Waals surface area contributed by atoms with Gasteiger partial charge in [-0.25, -0.2) is 0 Å². The summed E-state index contributed by atoms with van der Waals surface area (Å²) in [4.78, 5) is 13.0. The third-order valence-corrected chi connectivity index (χ3v) is 4.67. The lowest BCUT2D eigenvalue weighted by atomic mass is 9.82. The molecule has 1 aromatic carbocycles. The van der Waals surface area contributed by atoms with E-state index in [1.807, 2.05) is 18.2 Å². The summed E-state index contributed by atoms with van der Waals surface area (Å²) >= 11 is 0. The number of methoxy groups -OCH3 is 1. The molecule has 2 aromatic rings. The fraction of sp³-hybridized carbons (Fsp3) is 0.500. The van der Waals surface area contributed by atoms with Crippen molar-refractivity contribution in [2.24, 2.45) is 5.92 Å². The number of rotatable bonds is 2. The zero-order valence-electron chi connectivity index (χ0n) is 13.5. The molecule has 3 rings (SSSR count). The minimum absolute atomic E-state index is 0.0288. The van der Waals surface area contributed by atoms with Crippen LogP contribution in [0.2, 0.25) is 0 Å². The Labute approximate surface area is 130 Å². The summed E-state index contributed by atoms with van der Waals surface area (Å²) in [6, 6.07) is 5.50. The summed E-state index contributed by atoms with van der Waals surface area (Å²) in [6.07, 6.45) is 1.49. The maximum Gasteiger partial charge on any atom is 0.172 e. The first-order valence-electron chi connectivity index (χ1n) is 7.70. The highest BCUT2D eigenvalue weighted by Gasteiger charge is 2.40. The highest BCUT2D eigenvalue weighted by Crippen LogP contribution is 2.42. The SMILES string of the molecule is COc1ccc2oc3c(c2c1)C(=O)C(C(C)(C)O)CCC3C. The standard InChI is InChI=1S/C18H22O4/c1-10-5-7-13(18(2,3)20)16(19)15-12-9-11(21-4)6-8-14(12)22-17(10)15/h6,8-10,13,20H,5,7H2,1-4H3. The van der Waals surface area contributed by atoms with Crippen molar-refractivity contribution in [3.63, 3.8) is 0 Å². The van der Waals surface area contributed by atoms with Gasteiger partial charge in [-0.1, -0.05) is 6.92 Å². The Balaban J connectivity index is 2.24. The number of furan rings is 1. The first kappa shape index (κ1) is 15.1. The van der Waals surface area contributed by atoms with Gasteiger partial charge in [-0.2, -0.15) is 0 Å². The van der Waals surface area contributed by atoms with E-state index in [0.717, 1.165) is 17.6 Å². The summed E-state index contributed by atoms with van der Waals surface area (Å²) in [5.41, 5.74) is 0.273. The largest absolute Gasteiger partial charge is 0.497 e. The van der Waals surface area contributed by atoms with E-state index in [-0.39, 0.29) is 11.7 Å². The van der Waals surface area contributed by atoms with Gasteiger partial charge in [-0.3, -0.25) is 4.79 Å². The van der Waals surface area contributed by atoms with Crippen LogP contribution in [0.15, 0.2) is 22.6 Å². The van der Waals surface area contributed by atoms with E-state index in [2.05, 4.69) is 6.92 Å². The molecule has 1 aromatic heterocycles. The number of fused-ring (bicyclic) bond motifs is 3. The molecule has 2 atom stereocenters. The zero-order valence-corrected chi connectivity index (χ0v) is 13.5. The molecule has 0 spiro atoms. The summed E-state index contributed by atoms with van der Waals surface area (Å²) in [7, 11) is 1.60. The van der Waals surface area contributed by atoms with Crippen LogP contribution in [0.25, 0.3) is 11.0 Å². The minimum atomic E-state index is -1.04. The Morgan fingerprint density at radius 1 is 1.32 bits per heavy atom. The molecule has 0 saturated heterocycles. The molecule has 1 heterocycles. The Morgan fingerprint density at radius 2 is 2.05 bits per heavy atom. The molecule has 4 nitrogen and oxygen atoms in total. The predicted octanol–water partition coefficient (Wildman–Crippen LogP) is 3.91. The highest BCUT2D eigenvalue weighted by atomic mass is 16.5. The first-order valence-corrected chi connectivity index (χ1v) is 7.70. The van der Waals surface area contributed by atoms with Gasteiger partial charge in [0, 0.05) is 11.3 Å². The van der Waals surface area contributed by atoms with E-state index in [1.165, 1.54) is 0 Å². The second kappa shape index (κ2) is 5.13. The van der Waals surface area contributed by atoms with Crippen LogP contribution in [0, 0.1) is 5.92 Å². The second-order valence-corrected chi connectivity index (χ2v) is 6.75. The predicted molar refractivity (Wildman–Crippen MR) is 84.5 cm³/mol. The lowest BCUT2D eigenvalue weighted by Crippen LogP contribution is -2.36. The van der Waals surface area contributed by atoms with E-state index in [4.69, 9.17) is 9.15 Å². The molecule has 22 heavy (non-hydrogen) atoms. The lowest BCUT2D eigenvalue weighted by molar-refractivity contribution is 0.0163. The average molecular weight is 302 g/mol. The van der Waals surface area contributed by atoms with Gasteiger partial charge in [-0.05, 0) is 44.9 Å². The van der Waals surface area contributed by atoms with E-state index in [9.17, 15) is 9.90 Å². The van der Waals surface area contributed by atoms with Crippen LogP contribution >= 0.6 is 0 Å². The van der Waals surface area contributed by atoms with Crippen LogP contribution < -0.4 is 4.74 Å². The fourth-order valence-electron chi connectivity index (χ4n) is 3.35. The molecule has 2 unspecified atom stereocenters. The minimum Gasteiger partial charge on any atom is -0.497 e. The Bertz CT molecular complexity index is 720. The first-order chi connectivity index (χ1) is 10.3. The number of Topliss-reactive ketones (excluding diaryl/α,β-unsaturated/α-hetero) is 1. The van der Waals surface area contributed by atoms with Gasteiger partial charge in [0.05, 0.1) is 24.2 Å². The molecule has 118 valence electrons. The fourth-order valence-corrected chi connectivity index (χ4v) is 3.35. The van der Waals surface area contributed by atoms with Crippen LogP contribution in [0.3, 0.4) is 0 Å². The molecular formula is C18H22O4. The summed E-state index contributed by atoms with van der Waals surface area (Å²) in [5, 5.41) is 11.2. The van der Waals surface area contributed by atoms with Gasteiger partial charge < -0.3 is 14.3 Å². The molecule has 1 aliphatic carbocycles. The molecule has 0 radical (unpaired) electrons. The molecule has 0 fully saturated rings. The Morgan fingerprint density at radius 3 is 2.68 bits per heavy atom. The lowest BCUT2D eigenvalue weighted by Gasteiger charge is -2.27. The normalized spacial score (nSPS) is 22.5. The number of benzene rings is 1. The smallest absolute Gasteiger partial charge is 0.172 e. The van der Waals surface area contributed by atoms with E-state index in [1.54, 1.807) is 21.0 Å². The molecule has 0 aliphatic heterocycles. The van der Waals surface area contributed by atoms with Gasteiger partial charge in [-0.15, -0.1) is 0 Å². The molecule has 0 saturated carbocycles. The highest BCUT2D eigenvalue weighted by molar-refractivity contribution is 6.10. The molecule has 1 N–H and O–H groups in total. The van der Waals surface area contributed by atoms with Crippen molar-refractivity contribution in [3.05, 3.63) is 29.5 Å². The number of carbonyl (C=O) groups is 1.